The van der Waals surface area contributed by atoms with E-state index in [1.807, 2.05) is 6.92 Å². The van der Waals surface area contributed by atoms with E-state index in [4.69, 9.17) is 27.9 Å². The SMILES string of the molecule is COC(C)Cc1cnc(-c2cc(Cl)ccc2F)cc1Cl. The normalized spacial score (nSPS) is 12.4. The van der Waals surface area contributed by atoms with Gasteiger partial charge in [-0.25, -0.2) is 4.39 Å². The molecule has 0 aliphatic heterocycles. The van der Waals surface area contributed by atoms with Crippen molar-refractivity contribution in [2.24, 2.45) is 0 Å². The van der Waals surface area contributed by atoms with Crippen LogP contribution < -0.4 is 0 Å². The Hall–Kier alpha value is -1.16. The largest absolute Gasteiger partial charge is 0.381 e. The summed E-state index contributed by atoms with van der Waals surface area (Å²) in [5.74, 6) is -0.379. The standard InChI is InChI=1S/C15H14Cl2FNO/c1-9(20-2)5-10-8-19-15(7-13(10)17)12-6-11(16)3-4-14(12)18/h3-4,6-9H,5H2,1-2H3. The second kappa shape index (κ2) is 6.53. The lowest BCUT2D eigenvalue weighted by Gasteiger charge is -2.11. The van der Waals surface area contributed by atoms with Gasteiger partial charge in [0, 0.05) is 35.3 Å². The Morgan fingerprint density at radius 1 is 1.30 bits per heavy atom. The Morgan fingerprint density at radius 3 is 2.70 bits per heavy atom. The summed E-state index contributed by atoms with van der Waals surface area (Å²) in [5, 5.41) is 0.995. The maximum absolute atomic E-state index is 13.8. The van der Waals surface area contributed by atoms with Crippen molar-refractivity contribution >= 4 is 23.2 Å². The molecule has 1 aromatic heterocycles. The molecule has 0 spiro atoms. The molecule has 0 amide bonds. The lowest BCUT2D eigenvalue weighted by molar-refractivity contribution is 0.119. The highest BCUT2D eigenvalue weighted by Crippen LogP contribution is 2.28. The third-order valence-corrected chi connectivity index (χ3v) is 3.63. The summed E-state index contributed by atoms with van der Waals surface area (Å²) in [6.07, 6.45) is 2.34. The highest BCUT2D eigenvalue weighted by molar-refractivity contribution is 6.32. The number of pyridine rings is 1. The fraction of sp³-hybridized carbons (Fsp3) is 0.267. The molecular formula is C15H14Cl2FNO. The van der Waals surface area contributed by atoms with Crippen molar-refractivity contribution in [1.82, 2.24) is 4.98 Å². The average Bonchev–Trinajstić information content (AvgIpc) is 2.43. The first-order valence-corrected chi connectivity index (χ1v) is 6.89. The van der Waals surface area contributed by atoms with Crippen molar-refractivity contribution in [2.45, 2.75) is 19.4 Å². The summed E-state index contributed by atoms with van der Waals surface area (Å²) in [4.78, 5) is 4.26. The van der Waals surface area contributed by atoms with E-state index in [-0.39, 0.29) is 11.9 Å². The van der Waals surface area contributed by atoms with Crippen LogP contribution in [0.4, 0.5) is 4.39 Å². The first-order valence-electron chi connectivity index (χ1n) is 6.14. The molecule has 2 nitrogen and oxygen atoms in total. The molecule has 0 N–H and O–H groups in total. The molecule has 5 heteroatoms. The minimum Gasteiger partial charge on any atom is -0.381 e. The monoisotopic (exact) mass is 313 g/mol. The molecule has 1 unspecified atom stereocenters. The van der Waals surface area contributed by atoms with Crippen molar-refractivity contribution < 1.29 is 9.13 Å². The Labute approximate surface area is 127 Å². The minimum atomic E-state index is -0.379. The molecule has 2 rings (SSSR count). The number of nitrogens with zero attached hydrogens (tertiary/aromatic N) is 1. The van der Waals surface area contributed by atoms with Gasteiger partial charge in [0.05, 0.1) is 11.8 Å². The van der Waals surface area contributed by atoms with Gasteiger partial charge in [-0.3, -0.25) is 4.98 Å². The van der Waals surface area contributed by atoms with Crippen LogP contribution in [0.5, 0.6) is 0 Å². The van der Waals surface area contributed by atoms with Crippen molar-refractivity contribution in [3.8, 4) is 11.3 Å². The average molecular weight is 314 g/mol. The quantitative estimate of drug-likeness (QED) is 0.811. The fourth-order valence-electron chi connectivity index (χ4n) is 1.84. The van der Waals surface area contributed by atoms with Crippen molar-refractivity contribution in [3.05, 3.63) is 51.9 Å². The van der Waals surface area contributed by atoms with Crippen molar-refractivity contribution in [2.75, 3.05) is 7.11 Å². The highest BCUT2D eigenvalue weighted by Gasteiger charge is 2.11. The first-order chi connectivity index (χ1) is 9.51. The van der Waals surface area contributed by atoms with Gasteiger partial charge in [-0.2, -0.15) is 0 Å². The lowest BCUT2D eigenvalue weighted by Crippen LogP contribution is -2.09. The van der Waals surface area contributed by atoms with Crippen molar-refractivity contribution in [3.63, 3.8) is 0 Å². The van der Waals surface area contributed by atoms with E-state index in [0.717, 1.165) is 5.56 Å². The molecule has 2 aromatic rings. The smallest absolute Gasteiger partial charge is 0.132 e. The van der Waals surface area contributed by atoms with Crippen LogP contribution in [0.25, 0.3) is 11.3 Å². The topological polar surface area (TPSA) is 22.1 Å². The molecule has 0 aliphatic rings. The van der Waals surface area contributed by atoms with Gasteiger partial charge in [0.2, 0.25) is 0 Å². The summed E-state index contributed by atoms with van der Waals surface area (Å²) < 4.78 is 19.0. The molecular weight excluding hydrogens is 300 g/mol. The molecule has 0 saturated heterocycles. The summed E-state index contributed by atoms with van der Waals surface area (Å²) in [5.41, 5.74) is 1.67. The maximum atomic E-state index is 13.8. The molecule has 0 aliphatic carbocycles. The minimum absolute atomic E-state index is 0.0445. The maximum Gasteiger partial charge on any atom is 0.132 e. The first kappa shape index (κ1) is 15.2. The second-order valence-corrected chi connectivity index (χ2v) is 5.38. The zero-order valence-electron chi connectivity index (χ0n) is 11.2. The summed E-state index contributed by atoms with van der Waals surface area (Å²) in [7, 11) is 1.64. The summed E-state index contributed by atoms with van der Waals surface area (Å²) >= 11 is 12.1. The highest BCUT2D eigenvalue weighted by atomic mass is 35.5. The van der Waals surface area contributed by atoms with Gasteiger partial charge in [0.1, 0.15) is 5.82 Å². The molecule has 20 heavy (non-hydrogen) atoms. The Balaban J connectivity index is 2.35. The van der Waals surface area contributed by atoms with Gasteiger partial charge in [-0.05, 0) is 36.8 Å². The molecule has 1 heterocycles. The summed E-state index contributed by atoms with van der Waals surface area (Å²) in [6.45, 7) is 1.95. The third kappa shape index (κ3) is 3.48. The Bertz CT molecular complexity index is 619. The predicted octanol–water partition coefficient (Wildman–Crippen LogP) is 4.77. The number of benzene rings is 1. The van der Waals surface area contributed by atoms with Gasteiger partial charge < -0.3 is 4.74 Å². The van der Waals surface area contributed by atoms with E-state index in [2.05, 4.69) is 4.98 Å². The predicted molar refractivity (Wildman–Crippen MR) is 79.8 cm³/mol. The van der Waals surface area contributed by atoms with Crippen molar-refractivity contribution in [1.29, 1.82) is 0 Å². The number of methoxy groups -OCH3 is 1. The number of hydrogen-bond donors (Lipinski definition) is 0. The van der Waals surface area contributed by atoms with E-state index in [1.54, 1.807) is 19.4 Å². The number of rotatable bonds is 4. The van der Waals surface area contributed by atoms with E-state index in [0.29, 0.717) is 27.7 Å². The molecule has 106 valence electrons. The van der Waals surface area contributed by atoms with Crippen LogP contribution in [0, 0.1) is 5.82 Å². The van der Waals surface area contributed by atoms with Crippen LogP contribution in [-0.4, -0.2) is 18.2 Å². The molecule has 0 bridgehead atoms. The van der Waals surface area contributed by atoms with Crippen LogP contribution in [0.2, 0.25) is 10.0 Å². The second-order valence-electron chi connectivity index (χ2n) is 4.54. The Kier molecular flexibility index (Phi) is 4.97. The van der Waals surface area contributed by atoms with Crippen LogP contribution in [-0.2, 0) is 11.2 Å². The van der Waals surface area contributed by atoms with E-state index >= 15 is 0 Å². The summed E-state index contributed by atoms with van der Waals surface area (Å²) in [6, 6.07) is 5.99. The molecule has 0 radical (unpaired) electrons. The lowest BCUT2D eigenvalue weighted by atomic mass is 10.1. The number of hydrogen-bond acceptors (Lipinski definition) is 2. The van der Waals surface area contributed by atoms with Gasteiger partial charge in [-0.15, -0.1) is 0 Å². The van der Waals surface area contributed by atoms with Gasteiger partial charge in [-0.1, -0.05) is 23.2 Å². The van der Waals surface area contributed by atoms with Gasteiger partial charge in [0.25, 0.3) is 0 Å². The number of halogens is 3. The third-order valence-electron chi connectivity index (χ3n) is 3.04. The number of ether oxygens (including phenoxy) is 1. The van der Waals surface area contributed by atoms with Gasteiger partial charge >= 0.3 is 0 Å². The molecule has 0 saturated carbocycles. The van der Waals surface area contributed by atoms with E-state index in [1.165, 1.54) is 18.2 Å². The van der Waals surface area contributed by atoms with Gasteiger partial charge in [0.15, 0.2) is 0 Å². The Morgan fingerprint density at radius 2 is 2.05 bits per heavy atom. The molecule has 0 fully saturated rings. The molecule has 1 atom stereocenters. The van der Waals surface area contributed by atoms with Crippen LogP contribution in [0.15, 0.2) is 30.5 Å². The van der Waals surface area contributed by atoms with E-state index in [9.17, 15) is 4.39 Å². The fourth-order valence-corrected chi connectivity index (χ4v) is 2.24. The number of aromatic nitrogens is 1. The zero-order valence-corrected chi connectivity index (χ0v) is 12.7. The van der Waals surface area contributed by atoms with Crippen LogP contribution >= 0.6 is 23.2 Å². The van der Waals surface area contributed by atoms with Crippen LogP contribution in [0.3, 0.4) is 0 Å². The zero-order chi connectivity index (χ0) is 14.7. The molecule has 1 aromatic carbocycles. The van der Waals surface area contributed by atoms with Crippen LogP contribution in [0.1, 0.15) is 12.5 Å². The van der Waals surface area contributed by atoms with E-state index < -0.39 is 0 Å².